The number of sulfonamides is 1. The van der Waals surface area contributed by atoms with E-state index >= 15 is 0 Å². The van der Waals surface area contributed by atoms with Gasteiger partial charge in [0.1, 0.15) is 0 Å². The van der Waals surface area contributed by atoms with E-state index in [0.29, 0.717) is 29.9 Å². The van der Waals surface area contributed by atoms with Gasteiger partial charge in [-0.15, -0.1) is 0 Å². The largest absolute Gasteiger partial charge is 0.392 e. The van der Waals surface area contributed by atoms with Crippen molar-refractivity contribution in [2.24, 2.45) is 0 Å². The van der Waals surface area contributed by atoms with Gasteiger partial charge in [-0.2, -0.15) is 4.31 Å². The van der Waals surface area contributed by atoms with Gasteiger partial charge in [0.05, 0.1) is 23.7 Å². The van der Waals surface area contributed by atoms with Crippen LogP contribution < -0.4 is 5.32 Å². The Balaban J connectivity index is 1.74. The van der Waals surface area contributed by atoms with Gasteiger partial charge in [-0.05, 0) is 55.8 Å². The van der Waals surface area contributed by atoms with Gasteiger partial charge in [0.15, 0.2) is 0 Å². The summed E-state index contributed by atoms with van der Waals surface area (Å²) in [5.74, 6) is -0.354. The van der Waals surface area contributed by atoms with Gasteiger partial charge in [0.25, 0.3) is 5.91 Å². The van der Waals surface area contributed by atoms with Gasteiger partial charge in [0.2, 0.25) is 10.0 Å². The normalized spacial score (nSPS) is 20.7. The molecule has 2 unspecified atom stereocenters. The zero-order chi connectivity index (χ0) is 20.3. The fraction of sp³-hybridized carbons (Fsp3) is 0.350. The Bertz CT molecular complexity index is 933. The molecular weight excluding hydrogens is 380 g/mol. The maximum Gasteiger partial charge on any atom is 0.255 e. The van der Waals surface area contributed by atoms with Crippen LogP contribution in [0.5, 0.6) is 0 Å². The second-order valence-electron chi connectivity index (χ2n) is 6.92. The molecule has 0 bridgehead atoms. The summed E-state index contributed by atoms with van der Waals surface area (Å²) in [6.45, 7) is 4.18. The number of benzene rings is 2. The quantitative estimate of drug-likeness (QED) is 0.797. The van der Waals surface area contributed by atoms with Crippen LogP contribution in [0.15, 0.2) is 53.4 Å². The van der Waals surface area contributed by atoms with Gasteiger partial charge in [-0.3, -0.25) is 4.79 Å². The first-order chi connectivity index (χ1) is 13.3. The Labute approximate surface area is 165 Å². The maximum absolute atomic E-state index is 12.9. The summed E-state index contributed by atoms with van der Waals surface area (Å²) in [6, 6.07) is 12.8. The fourth-order valence-corrected chi connectivity index (χ4v) is 4.80. The first-order valence-corrected chi connectivity index (χ1v) is 10.5. The number of ether oxygens (including phenoxy) is 1. The van der Waals surface area contributed by atoms with Gasteiger partial charge in [-0.25, -0.2) is 8.42 Å². The molecule has 0 aliphatic carbocycles. The number of aliphatic hydroxyl groups excluding tert-OH is 1. The molecule has 0 aromatic heterocycles. The maximum atomic E-state index is 12.9. The van der Waals surface area contributed by atoms with Crippen molar-refractivity contribution in [3.63, 3.8) is 0 Å². The zero-order valence-corrected chi connectivity index (χ0v) is 16.6. The van der Waals surface area contributed by atoms with Crippen LogP contribution in [-0.4, -0.2) is 49.0 Å². The Morgan fingerprint density at radius 3 is 2.39 bits per heavy atom. The van der Waals surface area contributed by atoms with Crippen molar-refractivity contribution >= 4 is 21.6 Å². The molecule has 2 aromatic rings. The average Bonchev–Trinajstić information content (AvgIpc) is 2.67. The number of morpholine rings is 1. The molecule has 0 spiro atoms. The van der Waals surface area contributed by atoms with Crippen molar-refractivity contribution in [3.05, 3.63) is 59.7 Å². The number of aliphatic hydroxyl groups is 1. The molecule has 3 rings (SSSR count). The third-order valence-electron chi connectivity index (χ3n) is 4.51. The molecule has 1 fully saturated rings. The van der Waals surface area contributed by atoms with Crippen molar-refractivity contribution in [1.29, 1.82) is 0 Å². The highest BCUT2D eigenvalue weighted by atomic mass is 32.2. The highest BCUT2D eigenvalue weighted by Crippen LogP contribution is 2.22. The van der Waals surface area contributed by atoms with Gasteiger partial charge >= 0.3 is 0 Å². The van der Waals surface area contributed by atoms with Crippen LogP contribution in [0.1, 0.15) is 29.8 Å². The minimum atomic E-state index is -3.64. The summed E-state index contributed by atoms with van der Waals surface area (Å²) >= 11 is 0. The SMILES string of the molecule is CC1CN(S(=O)(=O)c2ccc(C(=O)Nc3cccc(CO)c3)cc2)CC(C)O1. The Morgan fingerprint density at radius 1 is 1.14 bits per heavy atom. The van der Waals surface area contributed by atoms with Crippen LogP contribution in [0.3, 0.4) is 0 Å². The van der Waals surface area contributed by atoms with Gasteiger partial charge in [0, 0.05) is 24.3 Å². The molecule has 0 saturated carbocycles. The molecule has 1 aliphatic rings. The predicted molar refractivity (Wildman–Crippen MR) is 106 cm³/mol. The number of nitrogens with zero attached hydrogens (tertiary/aromatic N) is 1. The number of hydrogen-bond donors (Lipinski definition) is 2. The minimum Gasteiger partial charge on any atom is -0.392 e. The van der Waals surface area contributed by atoms with E-state index < -0.39 is 10.0 Å². The molecule has 1 heterocycles. The van der Waals surface area contributed by atoms with E-state index in [1.165, 1.54) is 28.6 Å². The lowest BCUT2D eigenvalue weighted by atomic mass is 10.2. The summed E-state index contributed by atoms with van der Waals surface area (Å²) in [5.41, 5.74) is 1.59. The number of anilines is 1. The lowest BCUT2D eigenvalue weighted by Gasteiger charge is -2.34. The van der Waals surface area contributed by atoms with E-state index in [-0.39, 0.29) is 29.6 Å². The molecule has 0 radical (unpaired) electrons. The number of amides is 1. The average molecular weight is 404 g/mol. The predicted octanol–water partition coefficient (Wildman–Crippen LogP) is 2.23. The van der Waals surface area contributed by atoms with Crippen molar-refractivity contribution in [2.45, 2.75) is 37.6 Å². The van der Waals surface area contributed by atoms with Crippen molar-refractivity contribution in [1.82, 2.24) is 4.31 Å². The molecule has 2 atom stereocenters. The standard InChI is InChI=1S/C20H24N2O5S/c1-14-11-22(12-15(2)27-14)28(25,26)19-8-6-17(7-9-19)20(24)21-18-5-3-4-16(10-18)13-23/h3-10,14-15,23H,11-13H2,1-2H3,(H,21,24). The van der Waals surface area contributed by atoms with Crippen LogP contribution in [0.25, 0.3) is 0 Å². The second-order valence-corrected chi connectivity index (χ2v) is 8.85. The Hall–Kier alpha value is -2.26. The van der Waals surface area contributed by atoms with E-state index in [0.717, 1.165) is 0 Å². The lowest BCUT2D eigenvalue weighted by molar-refractivity contribution is -0.0440. The monoisotopic (exact) mass is 404 g/mol. The lowest BCUT2D eigenvalue weighted by Crippen LogP contribution is -2.48. The van der Waals surface area contributed by atoms with Gasteiger partial charge < -0.3 is 15.2 Å². The molecule has 2 aromatic carbocycles. The van der Waals surface area contributed by atoms with Crippen LogP contribution in [0.4, 0.5) is 5.69 Å². The number of carbonyl (C=O) groups is 1. The van der Waals surface area contributed by atoms with E-state index in [9.17, 15) is 18.3 Å². The highest BCUT2D eigenvalue weighted by molar-refractivity contribution is 7.89. The number of hydrogen-bond acceptors (Lipinski definition) is 5. The van der Waals surface area contributed by atoms with Crippen LogP contribution in [-0.2, 0) is 21.4 Å². The smallest absolute Gasteiger partial charge is 0.255 e. The molecule has 8 heteroatoms. The van der Waals surface area contributed by atoms with E-state index in [1.807, 2.05) is 13.8 Å². The summed E-state index contributed by atoms with van der Waals surface area (Å²) < 4.78 is 32.7. The summed E-state index contributed by atoms with van der Waals surface area (Å²) in [4.78, 5) is 12.6. The van der Waals surface area contributed by atoms with Crippen molar-refractivity contribution in [3.8, 4) is 0 Å². The molecule has 7 nitrogen and oxygen atoms in total. The molecule has 1 amide bonds. The second kappa shape index (κ2) is 8.40. The number of carbonyl (C=O) groups excluding carboxylic acids is 1. The molecule has 28 heavy (non-hydrogen) atoms. The van der Waals surface area contributed by atoms with E-state index in [2.05, 4.69) is 5.32 Å². The molecule has 150 valence electrons. The van der Waals surface area contributed by atoms with Gasteiger partial charge in [-0.1, -0.05) is 12.1 Å². The third kappa shape index (κ3) is 4.59. The molecule has 2 N–H and O–H groups in total. The molecule has 1 saturated heterocycles. The van der Waals surface area contributed by atoms with E-state index in [1.54, 1.807) is 24.3 Å². The first-order valence-electron chi connectivity index (χ1n) is 9.06. The Kier molecular flexibility index (Phi) is 6.14. The van der Waals surface area contributed by atoms with Crippen LogP contribution in [0, 0.1) is 0 Å². The fourth-order valence-electron chi connectivity index (χ4n) is 3.21. The summed E-state index contributed by atoms with van der Waals surface area (Å²) in [7, 11) is -3.64. The van der Waals surface area contributed by atoms with Crippen molar-refractivity contribution in [2.75, 3.05) is 18.4 Å². The van der Waals surface area contributed by atoms with Crippen molar-refractivity contribution < 1.29 is 23.1 Å². The highest BCUT2D eigenvalue weighted by Gasteiger charge is 2.32. The topological polar surface area (TPSA) is 95.9 Å². The first kappa shape index (κ1) is 20.5. The molecular formula is C20H24N2O5S. The number of nitrogens with one attached hydrogen (secondary N) is 1. The van der Waals surface area contributed by atoms with Crippen LogP contribution in [0.2, 0.25) is 0 Å². The van der Waals surface area contributed by atoms with Crippen LogP contribution >= 0.6 is 0 Å². The Morgan fingerprint density at radius 2 is 1.79 bits per heavy atom. The minimum absolute atomic E-state index is 0.116. The summed E-state index contributed by atoms with van der Waals surface area (Å²) in [5, 5.41) is 11.9. The number of rotatable bonds is 5. The molecule has 1 aliphatic heterocycles. The third-order valence-corrected chi connectivity index (χ3v) is 6.35. The zero-order valence-electron chi connectivity index (χ0n) is 15.8. The van der Waals surface area contributed by atoms with E-state index in [4.69, 9.17) is 4.74 Å². The summed E-state index contributed by atoms with van der Waals surface area (Å²) in [6.07, 6.45) is -0.337.